The van der Waals surface area contributed by atoms with Crippen LogP contribution in [0, 0.1) is 12.7 Å². The van der Waals surface area contributed by atoms with Crippen molar-refractivity contribution in [2.24, 2.45) is 5.73 Å². The normalized spacial score (nSPS) is 13.5. The van der Waals surface area contributed by atoms with Gasteiger partial charge in [-0.2, -0.15) is 0 Å². The van der Waals surface area contributed by atoms with Gasteiger partial charge in [0.05, 0.1) is 24.5 Å². The van der Waals surface area contributed by atoms with Crippen molar-refractivity contribution in [3.63, 3.8) is 0 Å². The van der Waals surface area contributed by atoms with E-state index in [9.17, 15) is 4.39 Å². The summed E-state index contributed by atoms with van der Waals surface area (Å²) in [5.74, 6) is 1.71. The Morgan fingerprint density at radius 3 is 2.32 bits per heavy atom. The molecule has 38 heavy (non-hydrogen) atoms. The minimum atomic E-state index is -0.243. The molecular weight excluding hydrogens is 477 g/mol. The van der Waals surface area contributed by atoms with Gasteiger partial charge in [-0.05, 0) is 87.5 Å². The van der Waals surface area contributed by atoms with E-state index in [2.05, 4.69) is 46.2 Å². The minimum absolute atomic E-state index is 0.243. The highest BCUT2D eigenvalue weighted by Crippen LogP contribution is 2.40. The Hall–Kier alpha value is -3.71. The van der Waals surface area contributed by atoms with Gasteiger partial charge < -0.3 is 19.9 Å². The van der Waals surface area contributed by atoms with Gasteiger partial charge in [-0.25, -0.2) is 9.37 Å². The van der Waals surface area contributed by atoms with Gasteiger partial charge in [-0.3, -0.25) is 4.98 Å². The van der Waals surface area contributed by atoms with E-state index in [-0.39, 0.29) is 11.9 Å². The van der Waals surface area contributed by atoms with Gasteiger partial charge in [-0.1, -0.05) is 13.8 Å². The second kappa shape index (κ2) is 13.7. The average molecular weight is 518 g/mol. The number of methoxy groups -OCH3 is 1. The largest absolute Gasteiger partial charge is 0.497 e. The highest BCUT2D eigenvalue weighted by atomic mass is 19.1. The first kappa shape index (κ1) is 28.9. The Morgan fingerprint density at radius 2 is 1.71 bits per heavy atom. The quantitative estimate of drug-likeness (QED) is 0.296. The number of hydrogen-bond acceptors (Lipinski definition) is 5. The number of nitrogens with two attached hydrogens (primary N) is 1. The van der Waals surface area contributed by atoms with Crippen molar-refractivity contribution in [2.45, 2.75) is 46.6 Å². The van der Waals surface area contributed by atoms with Crippen LogP contribution in [0.25, 0.3) is 22.5 Å². The first-order valence-electron chi connectivity index (χ1n) is 13.3. The zero-order chi connectivity index (χ0) is 27.7. The van der Waals surface area contributed by atoms with Crippen molar-refractivity contribution in [2.75, 3.05) is 32.1 Å². The van der Waals surface area contributed by atoms with E-state index in [4.69, 9.17) is 9.72 Å². The van der Waals surface area contributed by atoms with Crippen LogP contribution in [0.15, 0.2) is 67.0 Å². The number of imidazole rings is 1. The first-order valence-corrected chi connectivity index (χ1v) is 13.3. The summed E-state index contributed by atoms with van der Waals surface area (Å²) in [6.45, 7) is 10.1. The molecule has 1 atom stereocenters. The molecule has 0 bridgehead atoms. The SMILES string of the molecule is CC.CCN(C[C@@H]1CCc2nc(-c3ccc(F)cc3)c(-c3ccncc3)n21)c1ccc(OC)cc1C.CN. The number of anilines is 1. The molecule has 0 saturated carbocycles. The lowest BCUT2D eigenvalue weighted by Gasteiger charge is -2.29. The van der Waals surface area contributed by atoms with Crippen molar-refractivity contribution in [1.29, 1.82) is 0 Å². The summed E-state index contributed by atoms with van der Waals surface area (Å²) in [4.78, 5) is 11.7. The third kappa shape index (κ3) is 6.05. The van der Waals surface area contributed by atoms with Crippen LogP contribution in [0.5, 0.6) is 5.75 Å². The predicted molar refractivity (Wildman–Crippen MR) is 155 cm³/mol. The lowest BCUT2D eigenvalue weighted by atomic mass is 10.0. The third-order valence-electron chi connectivity index (χ3n) is 6.68. The van der Waals surface area contributed by atoms with Gasteiger partial charge >= 0.3 is 0 Å². The van der Waals surface area contributed by atoms with E-state index in [0.717, 1.165) is 60.0 Å². The molecule has 2 aromatic carbocycles. The zero-order valence-corrected chi connectivity index (χ0v) is 23.4. The molecule has 3 heterocycles. The third-order valence-corrected chi connectivity index (χ3v) is 6.68. The van der Waals surface area contributed by atoms with Gasteiger partial charge in [0, 0.05) is 48.7 Å². The summed E-state index contributed by atoms with van der Waals surface area (Å²) in [7, 11) is 3.20. The first-order chi connectivity index (χ1) is 18.6. The summed E-state index contributed by atoms with van der Waals surface area (Å²) in [6.07, 6.45) is 5.58. The molecule has 7 heteroatoms. The van der Waals surface area contributed by atoms with Crippen LogP contribution in [-0.2, 0) is 6.42 Å². The molecule has 1 aliphatic rings. The molecule has 0 unspecified atom stereocenters. The lowest BCUT2D eigenvalue weighted by molar-refractivity contribution is 0.414. The molecule has 0 aliphatic carbocycles. The molecule has 0 saturated heterocycles. The van der Waals surface area contributed by atoms with Crippen LogP contribution in [-0.4, -0.2) is 41.8 Å². The van der Waals surface area contributed by atoms with E-state index < -0.39 is 0 Å². The summed E-state index contributed by atoms with van der Waals surface area (Å²) in [5.41, 5.74) is 10.9. The molecule has 0 amide bonds. The van der Waals surface area contributed by atoms with E-state index in [1.54, 1.807) is 7.11 Å². The summed E-state index contributed by atoms with van der Waals surface area (Å²) in [5, 5.41) is 0. The fraction of sp³-hybridized carbons (Fsp3) is 0.355. The second-order valence-electron chi connectivity index (χ2n) is 8.72. The Balaban J connectivity index is 0.000000956. The Labute approximate surface area is 226 Å². The van der Waals surface area contributed by atoms with Crippen molar-refractivity contribution in [3.05, 3.63) is 84.2 Å². The number of fused-ring (bicyclic) bond motifs is 1. The molecule has 2 N–H and O–H groups in total. The van der Waals surface area contributed by atoms with Gasteiger partial charge in [0.25, 0.3) is 0 Å². The molecule has 2 aromatic heterocycles. The predicted octanol–water partition coefficient (Wildman–Crippen LogP) is 6.68. The van der Waals surface area contributed by atoms with Crippen molar-refractivity contribution >= 4 is 5.69 Å². The number of nitrogens with zero attached hydrogens (tertiary/aromatic N) is 4. The molecular formula is C31H40FN5O. The van der Waals surface area contributed by atoms with Crippen LogP contribution in [0.3, 0.4) is 0 Å². The molecule has 1 aliphatic heterocycles. The maximum Gasteiger partial charge on any atom is 0.123 e. The highest BCUT2D eigenvalue weighted by Gasteiger charge is 2.31. The number of likely N-dealkylation sites (N-methyl/N-ethyl adjacent to an activating group) is 1. The number of aromatic nitrogens is 3. The van der Waals surface area contributed by atoms with Gasteiger partial charge in [0.2, 0.25) is 0 Å². The minimum Gasteiger partial charge on any atom is -0.497 e. The van der Waals surface area contributed by atoms with Gasteiger partial charge in [0.15, 0.2) is 0 Å². The summed E-state index contributed by atoms with van der Waals surface area (Å²) >= 11 is 0. The number of pyridine rings is 1. The van der Waals surface area contributed by atoms with Crippen LogP contribution < -0.4 is 15.4 Å². The van der Waals surface area contributed by atoms with Crippen LogP contribution in [0.1, 0.15) is 44.6 Å². The Bertz CT molecular complexity index is 1290. The molecule has 5 rings (SSSR count). The van der Waals surface area contributed by atoms with Crippen molar-refractivity contribution in [1.82, 2.24) is 14.5 Å². The zero-order valence-electron chi connectivity index (χ0n) is 23.4. The van der Waals surface area contributed by atoms with Crippen LogP contribution in [0.4, 0.5) is 10.1 Å². The molecule has 4 aromatic rings. The average Bonchev–Trinajstić information content (AvgIpc) is 3.54. The van der Waals surface area contributed by atoms with E-state index >= 15 is 0 Å². The molecule has 6 nitrogen and oxygen atoms in total. The second-order valence-corrected chi connectivity index (χ2v) is 8.72. The maximum atomic E-state index is 13.6. The maximum absolute atomic E-state index is 13.6. The smallest absolute Gasteiger partial charge is 0.123 e. The number of aryl methyl sites for hydroxylation is 2. The number of hydrogen-bond donors (Lipinski definition) is 1. The summed E-state index contributed by atoms with van der Waals surface area (Å²) in [6, 6.07) is 17.2. The number of rotatable bonds is 7. The molecule has 202 valence electrons. The Kier molecular flexibility index (Phi) is 10.4. The fourth-order valence-electron chi connectivity index (χ4n) is 5.00. The fourth-order valence-corrected chi connectivity index (χ4v) is 5.00. The van der Waals surface area contributed by atoms with Gasteiger partial charge in [-0.15, -0.1) is 0 Å². The van der Waals surface area contributed by atoms with Gasteiger partial charge in [0.1, 0.15) is 17.4 Å². The van der Waals surface area contributed by atoms with Crippen LogP contribution >= 0.6 is 0 Å². The van der Waals surface area contributed by atoms with E-state index in [1.165, 1.54) is 30.4 Å². The molecule has 0 radical (unpaired) electrons. The Morgan fingerprint density at radius 1 is 1.03 bits per heavy atom. The monoisotopic (exact) mass is 517 g/mol. The van der Waals surface area contributed by atoms with E-state index in [0.29, 0.717) is 0 Å². The lowest BCUT2D eigenvalue weighted by Crippen LogP contribution is -2.30. The van der Waals surface area contributed by atoms with Crippen LogP contribution in [0.2, 0.25) is 0 Å². The number of ether oxygens (including phenoxy) is 1. The molecule has 0 spiro atoms. The van der Waals surface area contributed by atoms with Crippen molar-refractivity contribution in [3.8, 4) is 28.3 Å². The molecule has 0 fully saturated rings. The highest BCUT2D eigenvalue weighted by molar-refractivity contribution is 5.79. The topological polar surface area (TPSA) is 69.2 Å². The van der Waals surface area contributed by atoms with Crippen molar-refractivity contribution < 1.29 is 9.13 Å². The standard InChI is InChI=1S/C28H29FN4O.C2H6.CH5N/c1-4-32(25-11-10-24(34-3)17-19(25)2)18-23-9-12-26-31-27(20-5-7-22(29)8-6-20)28(33(23)26)21-13-15-30-16-14-21;2*1-2/h5-8,10-11,13-17,23H,4,9,12,18H2,1-3H3;1-2H3;2H2,1H3/t23-;;/m0../s1. The number of benzene rings is 2. The van der Waals surface area contributed by atoms with E-state index in [1.807, 2.05) is 56.6 Å². The number of halogens is 1. The summed E-state index contributed by atoms with van der Waals surface area (Å²) < 4.78 is 21.4.